The van der Waals surface area contributed by atoms with E-state index in [0.717, 1.165) is 23.3 Å². The number of aromatic nitrogens is 4. The van der Waals surface area contributed by atoms with Crippen LogP contribution in [0.5, 0.6) is 5.75 Å². The van der Waals surface area contributed by atoms with Gasteiger partial charge in [0, 0.05) is 17.5 Å². The van der Waals surface area contributed by atoms with Gasteiger partial charge >= 0.3 is 0 Å². The smallest absolute Gasteiger partial charge is 0.243 e. The lowest BCUT2D eigenvalue weighted by molar-refractivity contribution is -0.122. The van der Waals surface area contributed by atoms with Crippen molar-refractivity contribution in [1.82, 2.24) is 25.5 Å². The molecule has 2 heterocycles. The van der Waals surface area contributed by atoms with Crippen LogP contribution in [0.2, 0.25) is 0 Å². The van der Waals surface area contributed by atoms with Crippen LogP contribution in [0.1, 0.15) is 5.56 Å². The van der Waals surface area contributed by atoms with E-state index in [2.05, 4.69) is 20.7 Å². The van der Waals surface area contributed by atoms with Crippen molar-refractivity contribution in [1.29, 1.82) is 0 Å². The molecule has 2 aromatic heterocycles. The van der Waals surface area contributed by atoms with Gasteiger partial charge in [-0.15, -0.1) is 10.2 Å². The summed E-state index contributed by atoms with van der Waals surface area (Å²) in [5.74, 6) is 1.21. The molecule has 0 radical (unpaired) electrons. The SMILES string of the molecule is COc1ccc(CCNC(=O)Cn2nnc(-c3ccsc3)n2)cc1. The van der Waals surface area contributed by atoms with Gasteiger partial charge in [-0.1, -0.05) is 12.1 Å². The van der Waals surface area contributed by atoms with Crippen molar-refractivity contribution in [2.45, 2.75) is 13.0 Å². The van der Waals surface area contributed by atoms with Crippen LogP contribution in [0.25, 0.3) is 11.4 Å². The van der Waals surface area contributed by atoms with Crippen molar-refractivity contribution in [3.05, 3.63) is 46.7 Å². The van der Waals surface area contributed by atoms with E-state index in [0.29, 0.717) is 12.4 Å². The molecule has 7 nitrogen and oxygen atoms in total. The van der Waals surface area contributed by atoms with Crippen molar-refractivity contribution in [3.63, 3.8) is 0 Å². The predicted molar refractivity (Wildman–Crippen MR) is 90.8 cm³/mol. The monoisotopic (exact) mass is 343 g/mol. The first-order valence-corrected chi connectivity index (χ1v) is 8.39. The molecule has 0 saturated carbocycles. The van der Waals surface area contributed by atoms with Crippen LogP contribution >= 0.6 is 11.3 Å². The molecule has 8 heteroatoms. The van der Waals surface area contributed by atoms with Crippen molar-refractivity contribution in [3.8, 4) is 17.1 Å². The zero-order valence-electron chi connectivity index (χ0n) is 13.2. The second-order valence-electron chi connectivity index (χ2n) is 5.10. The highest BCUT2D eigenvalue weighted by atomic mass is 32.1. The summed E-state index contributed by atoms with van der Waals surface area (Å²) in [5.41, 5.74) is 2.04. The number of carbonyl (C=O) groups is 1. The molecule has 0 spiro atoms. The molecular formula is C16H17N5O2S. The molecule has 0 aliphatic carbocycles. The summed E-state index contributed by atoms with van der Waals surface area (Å²) < 4.78 is 5.12. The van der Waals surface area contributed by atoms with E-state index in [9.17, 15) is 4.79 Å². The van der Waals surface area contributed by atoms with Crippen LogP contribution in [0.3, 0.4) is 0 Å². The highest BCUT2D eigenvalue weighted by Gasteiger charge is 2.09. The Morgan fingerprint density at radius 2 is 2.12 bits per heavy atom. The Morgan fingerprint density at radius 3 is 2.83 bits per heavy atom. The standard InChI is InChI=1S/C16H17N5O2S/c1-23-14-4-2-12(3-5-14)6-8-17-15(22)10-21-19-16(18-20-21)13-7-9-24-11-13/h2-5,7,9,11H,6,8,10H2,1H3,(H,17,22). The Labute approximate surface area is 143 Å². The molecule has 0 aliphatic heterocycles. The highest BCUT2D eigenvalue weighted by molar-refractivity contribution is 7.08. The van der Waals surface area contributed by atoms with E-state index in [4.69, 9.17) is 4.74 Å². The van der Waals surface area contributed by atoms with Crippen LogP contribution in [0.4, 0.5) is 0 Å². The summed E-state index contributed by atoms with van der Waals surface area (Å²) in [7, 11) is 1.64. The number of nitrogens with zero attached hydrogens (tertiary/aromatic N) is 4. The average Bonchev–Trinajstić information content (AvgIpc) is 3.27. The molecule has 1 N–H and O–H groups in total. The van der Waals surface area contributed by atoms with E-state index in [1.165, 1.54) is 4.80 Å². The molecule has 0 unspecified atom stereocenters. The number of thiophene rings is 1. The number of methoxy groups -OCH3 is 1. The first-order valence-electron chi connectivity index (χ1n) is 7.44. The van der Waals surface area contributed by atoms with Gasteiger partial charge in [0.25, 0.3) is 0 Å². The number of nitrogens with one attached hydrogen (secondary N) is 1. The summed E-state index contributed by atoms with van der Waals surface area (Å²) in [6.07, 6.45) is 0.751. The number of ether oxygens (including phenoxy) is 1. The molecule has 0 saturated heterocycles. The van der Waals surface area contributed by atoms with Crippen molar-refractivity contribution >= 4 is 17.2 Å². The minimum atomic E-state index is -0.141. The maximum Gasteiger partial charge on any atom is 0.243 e. The van der Waals surface area contributed by atoms with Crippen molar-refractivity contribution < 1.29 is 9.53 Å². The summed E-state index contributed by atoms with van der Waals surface area (Å²) in [6, 6.07) is 9.69. The Hall–Kier alpha value is -2.74. The van der Waals surface area contributed by atoms with E-state index in [1.54, 1.807) is 18.4 Å². The Bertz CT molecular complexity index is 783. The number of rotatable bonds is 7. The molecular weight excluding hydrogens is 326 g/mol. The Morgan fingerprint density at radius 1 is 1.29 bits per heavy atom. The largest absolute Gasteiger partial charge is 0.497 e. The third-order valence-corrected chi connectivity index (χ3v) is 4.10. The van der Waals surface area contributed by atoms with E-state index in [1.807, 2.05) is 41.1 Å². The second-order valence-corrected chi connectivity index (χ2v) is 5.88. The minimum absolute atomic E-state index is 0.0553. The van der Waals surface area contributed by atoms with Crippen molar-refractivity contribution in [2.24, 2.45) is 0 Å². The summed E-state index contributed by atoms with van der Waals surface area (Å²) in [4.78, 5) is 13.2. The van der Waals surface area contributed by atoms with Crippen LogP contribution in [-0.2, 0) is 17.8 Å². The quantitative estimate of drug-likeness (QED) is 0.707. The maximum absolute atomic E-state index is 11.9. The molecule has 3 aromatic rings. The van der Waals surface area contributed by atoms with Crippen LogP contribution in [-0.4, -0.2) is 39.8 Å². The Balaban J connectivity index is 1.45. The number of hydrogen-bond donors (Lipinski definition) is 1. The number of hydrogen-bond acceptors (Lipinski definition) is 6. The lowest BCUT2D eigenvalue weighted by atomic mass is 10.1. The van der Waals surface area contributed by atoms with Crippen molar-refractivity contribution in [2.75, 3.05) is 13.7 Å². The van der Waals surface area contributed by atoms with Gasteiger partial charge in [-0.25, -0.2) is 0 Å². The molecule has 1 amide bonds. The zero-order chi connectivity index (χ0) is 16.8. The van der Waals surface area contributed by atoms with Crippen LogP contribution in [0, 0.1) is 0 Å². The molecule has 24 heavy (non-hydrogen) atoms. The molecule has 3 rings (SSSR count). The van der Waals surface area contributed by atoms with Gasteiger partial charge in [0.2, 0.25) is 11.7 Å². The third kappa shape index (κ3) is 4.17. The lowest BCUT2D eigenvalue weighted by Gasteiger charge is -2.05. The zero-order valence-corrected chi connectivity index (χ0v) is 14.0. The van der Waals surface area contributed by atoms with Gasteiger partial charge in [-0.2, -0.15) is 16.1 Å². The minimum Gasteiger partial charge on any atom is -0.497 e. The number of tetrazole rings is 1. The van der Waals surface area contributed by atoms with E-state index >= 15 is 0 Å². The fourth-order valence-corrected chi connectivity index (χ4v) is 2.77. The molecule has 0 atom stereocenters. The first-order chi connectivity index (χ1) is 11.7. The summed E-state index contributed by atoms with van der Waals surface area (Å²) >= 11 is 1.56. The van der Waals surface area contributed by atoms with Gasteiger partial charge in [0.15, 0.2) is 0 Å². The van der Waals surface area contributed by atoms with Gasteiger partial charge in [-0.05, 0) is 40.8 Å². The fraction of sp³-hybridized carbons (Fsp3) is 0.250. The fourth-order valence-electron chi connectivity index (χ4n) is 2.14. The number of amides is 1. The van der Waals surface area contributed by atoms with E-state index in [-0.39, 0.29) is 12.5 Å². The topological polar surface area (TPSA) is 81.9 Å². The molecule has 0 aliphatic rings. The maximum atomic E-state index is 11.9. The molecule has 124 valence electrons. The summed E-state index contributed by atoms with van der Waals surface area (Å²) in [5, 5.41) is 18.8. The Kier molecular flexibility index (Phi) is 5.17. The van der Waals surface area contributed by atoms with Gasteiger partial charge in [0.05, 0.1) is 7.11 Å². The third-order valence-electron chi connectivity index (χ3n) is 3.41. The molecule has 1 aromatic carbocycles. The first kappa shape index (κ1) is 16.1. The van der Waals surface area contributed by atoms with Crippen LogP contribution in [0.15, 0.2) is 41.1 Å². The van der Waals surface area contributed by atoms with Gasteiger partial charge < -0.3 is 10.1 Å². The van der Waals surface area contributed by atoms with Crippen LogP contribution < -0.4 is 10.1 Å². The molecule has 0 fully saturated rings. The predicted octanol–water partition coefficient (Wildman–Crippen LogP) is 1.77. The number of carbonyl (C=O) groups excluding carboxylic acids is 1. The number of benzene rings is 1. The highest BCUT2D eigenvalue weighted by Crippen LogP contribution is 2.16. The molecule has 0 bridgehead atoms. The normalized spacial score (nSPS) is 10.5. The second kappa shape index (κ2) is 7.69. The lowest BCUT2D eigenvalue weighted by Crippen LogP contribution is -2.30. The average molecular weight is 343 g/mol. The summed E-state index contributed by atoms with van der Waals surface area (Å²) in [6.45, 7) is 0.608. The van der Waals surface area contributed by atoms with E-state index < -0.39 is 0 Å². The van der Waals surface area contributed by atoms with Gasteiger partial charge in [-0.3, -0.25) is 4.79 Å². The van der Waals surface area contributed by atoms with Gasteiger partial charge in [0.1, 0.15) is 12.3 Å².